The fourth-order valence-electron chi connectivity index (χ4n) is 4.80. The van der Waals surface area contributed by atoms with Crippen LogP contribution in [0.15, 0.2) is 0 Å². The van der Waals surface area contributed by atoms with Crippen molar-refractivity contribution in [3.05, 3.63) is 0 Å². The van der Waals surface area contributed by atoms with E-state index >= 15 is 0 Å². The van der Waals surface area contributed by atoms with Crippen LogP contribution in [0.1, 0.15) is 83.1 Å². The van der Waals surface area contributed by atoms with Crippen LogP contribution in [-0.2, 0) is 22.9 Å². The zero-order valence-corrected chi connectivity index (χ0v) is 23.0. The van der Waals surface area contributed by atoms with Crippen LogP contribution in [0, 0.1) is 5.41 Å². The van der Waals surface area contributed by atoms with Gasteiger partial charge in [-0.05, 0) is 47.0 Å². The van der Waals surface area contributed by atoms with E-state index in [1.54, 1.807) is 28.3 Å². The van der Waals surface area contributed by atoms with Gasteiger partial charge in [0.05, 0.1) is 11.1 Å². The number of carbonyl (C=O) groups is 2. The van der Waals surface area contributed by atoms with Gasteiger partial charge in [0.15, 0.2) is 0 Å². The Morgan fingerprint density at radius 2 is 1.10 bits per heavy atom. The smallest absolute Gasteiger partial charge is 0.377 e. The molecular formula is C22H46N2O5Si. The topological polar surface area (TPSA) is 77.1 Å². The molecule has 1 N–H and O–H groups in total. The highest BCUT2D eigenvalue weighted by atomic mass is 28.4. The molecule has 0 aromatic rings. The molecule has 0 aliphatic carbocycles. The number of rotatable bonds is 10. The van der Waals surface area contributed by atoms with Crippen LogP contribution in [0.4, 0.5) is 0 Å². The van der Waals surface area contributed by atoms with Crippen LogP contribution in [-0.4, -0.2) is 63.5 Å². The molecule has 178 valence electrons. The molecule has 7 nitrogen and oxygen atoms in total. The van der Waals surface area contributed by atoms with Gasteiger partial charge in [0, 0.05) is 45.8 Å². The van der Waals surface area contributed by atoms with Gasteiger partial charge >= 0.3 is 8.80 Å². The Hall–Kier alpha value is -0.963. The number of hydrogen-bond acceptors (Lipinski definition) is 5. The molecule has 0 fully saturated rings. The van der Waals surface area contributed by atoms with E-state index in [0.717, 1.165) is 0 Å². The van der Waals surface area contributed by atoms with Gasteiger partial charge in [0.2, 0.25) is 11.8 Å². The summed E-state index contributed by atoms with van der Waals surface area (Å²) in [5.74, 6) is -0.217. The highest BCUT2D eigenvalue weighted by Crippen LogP contribution is 2.60. The van der Waals surface area contributed by atoms with E-state index in [1.165, 1.54) is 6.92 Å². The van der Waals surface area contributed by atoms with Crippen LogP contribution in [0.2, 0.25) is 5.04 Å². The minimum atomic E-state index is -3.11. The predicted molar refractivity (Wildman–Crippen MR) is 123 cm³/mol. The Balaban J connectivity index is 6.81. The van der Waals surface area contributed by atoms with Crippen molar-refractivity contribution < 1.29 is 22.9 Å². The molecule has 0 saturated heterocycles. The minimum Gasteiger partial charge on any atom is -0.377 e. The van der Waals surface area contributed by atoms with Gasteiger partial charge in [-0.25, -0.2) is 0 Å². The predicted octanol–water partition coefficient (Wildman–Crippen LogP) is 3.99. The quantitative estimate of drug-likeness (QED) is 0.513. The Bertz CT molecular complexity index is 629. The molecule has 0 bridgehead atoms. The molecular weight excluding hydrogens is 400 g/mol. The fraction of sp³-hybridized carbons (Fsp3) is 0.909. The third-order valence-electron chi connectivity index (χ3n) is 8.11. The summed E-state index contributed by atoms with van der Waals surface area (Å²) in [7, 11) is 1.71. The lowest BCUT2D eigenvalue weighted by atomic mass is 9.63. The molecule has 2 amide bonds. The summed E-state index contributed by atoms with van der Waals surface area (Å²) < 4.78 is 17.6. The molecule has 0 aliphatic heterocycles. The Morgan fingerprint density at radius 1 is 0.733 bits per heavy atom. The molecule has 0 spiro atoms. The lowest BCUT2D eigenvalue weighted by molar-refractivity contribution is -0.160. The van der Waals surface area contributed by atoms with E-state index in [1.807, 2.05) is 32.6 Å². The molecule has 30 heavy (non-hydrogen) atoms. The Morgan fingerprint density at radius 3 is 1.37 bits per heavy atom. The second-order valence-corrected chi connectivity index (χ2v) is 14.3. The second kappa shape index (κ2) is 8.88. The highest BCUT2D eigenvalue weighted by molar-refractivity contribution is 6.64. The normalized spacial score (nSPS) is 14.5. The maximum atomic E-state index is 13.1. The molecule has 0 radical (unpaired) electrons. The Kier molecular flexibility index (Phi) is 8.60. The summed E-state index contributed by atoms with van der Waals surface area (Å²) in [6.07, 6.45) is 0. The largest absolute Gasteiger partial charge is 0.506 e. The van der Waals surface area contributed by atoms with Crippen molar-refractivity contribution in [3.8, 4) is 0 Å². The lowest BCUT2D eigenvalue weighted by Crippen LogP contribution is -2.75. The summed E-state index contributed by atoms with van der Waals surface area (Å²) >= 11 is 0. The first-order valence-electron chi connectivity index (χ1n) is 10.4. The molecule has 0 rings (SSSR count). The molecule has 0 aromatic carbocycles. The first kappa shape index (κ1) is 29.0. The van der Waals surface area contributed by atoms with Gasteiger partial charge in [-0.15, -0.1) is 0 Å². The number of nitrogens with zero attached hydrogens (tertiary/aromatic N) is 1. The van der Waals surface area contributed by atoms with Gasteiger partial charge in [-0.1, -0.05) is 27.7 Å². The maximum Gasteiger partial charge on any atom is 0.506 e. The number of nitrogens with one attached hydrogen (secondary N) is 1. The van der Waals surface area contributed by atoms with Crippen LogP contribution in [0.5, 0.6) is 0 Å². The summed E-state index contributed by atoms with van der Waals surface area (Å²) in [6.45, 7) is 23.4. The standard InChI is InChI=1S/C22H46N2O5Si/c1-16(25)23-19(5,6)21(9,10)24(17(2)26)20(7,8)18(3,4)22(11,12)30(27-13,28-14)29-15/h1-15H3,(H,23,25). The number of carbonyl (C=O) groups excluding carboxylic acids is 2. The molecule has 0 saturated carbocycles. The third-order valence-corrected chi connectivity index (χ3v) is 11.9. The van der Waals surface area contributed by atoms with Crippen LogP contribution in [0.3, 0.4) is 0 Å². The summed E-state index contributed by atoms with van der Waals surface area (Å²) in [5, 5.41) is 2.46. The maximum absolute atomic E-state index is 13.1. The molecule has 8 heteroatoms. The molecule has 0 atom stereocenters. The minimum absolute atomic E-state index is 0.0770. The zero-order valence-electron chi connectivity index (χ0n) is 22.0. The van der Waals surface area contributed by atoms with Crippen molar-refractivity contribution in [2.75, 3.05) is 21.3 Å². The highest BCUT2D eigenvalue weighted by Gasteiger charge is 2.67. The molecule has 0 aromatic heterocycles. The van der Waals surface area contributed by atoms with Gasteiger partial charge < -0.3 is 23.5 Å². The van der Waals surface area contributed by atoms with Crippen molar-refractivity contribution >= 4 is 20.6 Å². The van der Waals surface area contributed by atoms with Gasteiger partial charge in [0.25, 0.3) is 0 Å². The fourth-order valence-corrected chi connectivity index (χ4v) is 7.90. The third kappa shape index (κ3) is 4.33. The number of amides is 2. The van der Waals surface area contributed by atoms with E-state index in [9.17, 15) is 9.59 Å². The molecule has 0 heterocycles. The van der Waals surface area contributed by atoms with E-state index in [2.05, 4.69) is 46.9 Å². The first-order valence-corrected chi connectivity index (χ1v) is 12.1. The average Bonchev–Trinajstić information content (AvgIpc) is 2.54. The summed E-state index contributed by atoms with van der Waals surface area (Å²) in [6, 6.07) is 0. The van der Waals surface area contributed by atoms with E-state index in [0.29, 0.717) is 0 Å². The number of hydrogen-bond donors (Lipinski definition) is 1. The average molecular weight is 447 g/mol. The second-order valence-electron chi connectivity index (χ2n) is 10.7. The zero-order chi connectivity index (χ0) is 24.6. The van der Waals surface area contributed by atoms with Crippen molar-refractivity contribution in [3.63, 3.8) is 0 Å². The van der Waals surface area contributed by atoms with E-state index in [-0.39, 0.29) is 11.8 Å². The van der Waals surface area contributed by atoms with Crippen molar-refractivity contribution in [1.82, 2.24) is 10.2 Å². The van der Waals surface area contributed by atoms with E-state index < -0.39 is 35.9 Å². The van der Waals surface area contributed by atoms with Crippen molar-refractivity contribution in [2.45, 2.75) is 105 Å². The van der Waals surface area contributed by atoms with Crippen LogP contribution in [0.25, 0.3) is 0 Å². The SMILES string of the molecule is CO[Si](OC)(OC)C(C)(C)C(C)(C)C(C)(C)N(C(C)=O)C(C)(C)C(C)(C)NC(C)=O. The molecule has 0 unspecified atom stereocenters. The van der Waals surface area contributed by atoms with Gasteiger partial charge in [0.1, 0.15) is 0 Å². The van der Waals surface area contributed by atoms with E-state index in [4.69, 9.17) is 13.3 Å². The molecule has 0 aliphatic rings. The summed E-state index contributed by atoms with van der Waals surface area (Å²) in [4.78, 5) is 26.9. The monoisotopic (exact) mass is 446 g/mol. The van der Waals surface area contributed by atoms with Gasteiger partial charge in [-0.2, -0.15) is 0 Å². The van der Waals surface area contributed by atoms with Crippen LogP contribution >= 0.6 is 0 Å². The lowest BCUT2D eigenvalue weighted by Gasteiger charge is -2.63. The van der Waals surface area contributed by atoms with Gasteiger partial charge in [-0.3, -0.25) is 9.59 Å². The Labute approximate surface area is 185 Å². The summed E-state index contributed by atoms with van der Waals surface area (Å²) in [5.41, 5.74) is -2.59. The van der Waals surface area contributed by atoms with Crippen molar-refractivity contribution in [2.24, 2.45) is 5.41 Å². The van der Waals surface area contributed by atoms with Crippen LogP contribution < -0.4 is 5.32 Å². The first-order chi connectivity index (χ1) is 13.2. The van der Waals surface area contributed by atoms with Crippen molar-refractivity contribution in [1.29, 1.82) is 0 Å².